The summed E-state index contributed by atoms with van der Waals surface area (Å²) in [5, 5.41) is 4.58. The molecule has 0 aromatic heterocycles. The maximum Gasteiger partial charge on any atom is 0.254 e. The van der Waals surface area contributed by atoms with Crippen LogP contribution in [-0.2, 0) is 0 Å². The monoisotopic (exact) mass is 316 g/mol. The Morgan fingerprint density at radius 3 is 2.65 bits per heavy atom. The molecule has 1 saturated heterocycles. The largest absolute Gasteiger partial charge is 0.336 e. The molecule has 1 aromatic rings. The Bertz CT molecular complexity index is 557. The van der Waals surface area contributed by atoms with E-state index in [4.69, 9.17) is 0 Å². The molecule has 7 heteroatoms. The van der Waals surface area contributed by atoms with Crippen molar-refractivity contribution in [2.24, 2.45) is 0 Å². The van der Waals surface area contributed by atoms with Crippen LogP contribution in [0.1, 0.15) is 15.9 Å². The standard InChI is InChI=1S/C13H16N2O3S.ClH/c16-13(15-7-5-14-6-8-15)11-2-1-3-12-10(11)4-9-19(12,17)18;/h1-4,9,14,17-18H,5-8H2;1H. The number of halogens is 1. The first-order valence-electron chi connectivity index (χ1n) is 6.19. The predicted molar refractivity (Wildman–Crippen MR) is 82.6 cm³/mol. The summed E-state index contributed by atoms with van der Waals surface area (Å²) >= 11 is 0. The van der Waals surface area contributed by atoms with Crippen LogP contribution in [-0.4, -0.2) is 46.1 Å². The molecule has 110 valence electrons. The van der Waals surface area contributed by atoms with Crippen molar-refractivity contribution >= 4 is 35.0 Å². The third-order valence-corrected chi connectivity index (χ3v) is 4.97. The minimum absolute atomic E-state index is 0. The highest BCUT2D eigenvalue weighted by Gasteiger charge is 2.27. The zero-order chi connectivity index (χ0) is 13.5. The van der Waals surface area contributed by atoms with E-state index in [-0.39, 0.29) is 18.3 Å². The Morgan fingerprint density at radius 1 is 1.25 bits per heavy atom. The molecule has 0 unspecified atom stereocenters. The molecule has 0 saturated carbocycles. The maximum absolute atomic E-state index is 12.5. The van der Waals surface area contributed by atoms with Crippen LogP contribution in [0, 0.1) is 0 Å². The van der Waals surface area contributed by atoms with Gasteiger partial charge in [0, 0.05) is 42.7 Å². The topological polar surface area (TPSA) is 72.8 Å². The van der Waals surface area contributed by atoms with Gasteiger partial charge in [0.15, 0.2) is 0 Å². The molecular formula is C13H17ClN2O3S. The molecule has 2 heterocycles. The Labute approximate surface area is 125 Å². The van der Waals surface area contributed by atoms with Gasteiger partial charge < -0.3 is 10.2 Å². The predicted octanol–water partition coefficient (Wildman–Crippen LogP) is 2.25. The Kier molecular flexibility index (Phi) is 4.41. The lowest BCUT2D eigenvalue weighted by molar-refractivity contribution is 0.0735. The molecule has 2 aliphatic rings. The molecule has 5 nitrogen and oxygen atoms in total. The number of rotatable bonds is 1. The molecule has 1 fully saturated rings. The number of carbonyl (C=O) groups excluding carboxylic acids is 1. The summed E-state index contributed by atoms with van der Waals surface area (Å²) in [4.78, 5) is 14.7. The molecule has 2 aliphatic heterocycles. The van der Waals surface area contributed by atoms with Crippen LogP contribution in [0.5, 0.6) is 0 Å². The second-order valence-corrected chi connectivity index (χ2v) is 6.55. The maximum atomic E-state index is 12.5. The van der Waals surface area contributed by atoms with Gasteiger partial charge in [-0.3, -0.25) is 13.9 Å². The highest BCUT2D eigenvalue weighted by atomic mass is 35.5. The van der Waals surface area contributed by atoms with Gasteiger partial charge in [0.05, 0.1) is 4.90 Å². The average molecular weight is 317 g/mol. The van der Waals surface area contributed by atoms with E-state index in [9.17, 15) is 13.9 Å². The Morgan fingerprint density at radius 2 is 1.95 bits per heavy atom. The van der Waals surface area contributed by atoms with Crippen LogP contribution in [0.25, 0.3) is 6.08 Å². The Balaban J connectivity index is 0.00000147. The van der Waals surface area contributed by atoms with E-state index in [2.05, 4.69) is 5.32 Å². The molecule has 3 rings (SSSR count). The smallest absolute Gasteiger partial charge is 0.254 e. The number of amides is 1. The van der Waals surface area contributed by atoms with Crippen molar-refractivity contribution in [2.45, 2.75) is 4.90 Å². The highest BCUT2D eigenvalue weighted by molar-refractivity contribution is 8.27. The lowest BCUT2D eigenvalue weighted by Crippen LogP contribution is -2.46. The van der Waals surface area contributed by atoms with Gasteiger partial charge >= 0.3 is 0 Å². The summed E-state index contributed by atoms with van der Waals surface area (Å²) in [5.74, 6) is -0.0416. The van der Waals surface area contributed by atoms with Gasteiger partial charge in [-0.1, -0.05) is 6.07 Å². The van der Waals surface area contributed by atoms with E-state index in [1.807, 2.05) is 0 Å². The van der Waals surface area contributed by atoms with Gasteiger partial charge in [-0.2, -0.15) is 0 Å². The lowest BCUT2D eigenvalue weighted by atomic mass is 10.1. The van der Waals surface area contributed by atoms with Crippen molar-refractivity contribution in [3.63, 3.8) is 0 Å². The van der Waals surface area contributed by atoms with Gasteiger partial charge in [0.1, 0.15) is 0 Å². The van der Waals surface area contributed by atoms with Gasteiger partial charge in [0.2, 0.25) is 0 Å². The van der Waals surface area contributed by atoms with Crippen molar-refractivity contribution in [1.82, 2.24) is 10.2 Å². The van der Waals surface area contributed by atoms with E-state index in [1.54, 1.807) is 29.2 Å². The number of piperazine rings is 1. The second-order valence-electron chi connectivity index (χ2n) is 4.66. The summed E-state index contributed by atoms with van der Waals surface area (Å²) in [6.45, 7) is 2.96. The number of carbonyl (C=O) groups is 1. The van der Waals surface area contributed by atoms with E-state index >= 15 is 0 Å². The molecule has 0 atom stereocenters. The molecule has 1 amide bonds. The molecule has 0 bridgehead atoms. The van der Waals surface area contributed by atoms with Crippen LogP contribution in [0.2, 0.25) is 0 Å². The van der Waals surface area contributed by atoms with Crippen molar-refractivity contribution in [3.05, 3.63) is 34.7 Å². The van der Waals surface area contributed by atoms with Crippen molar-refractivity contribution < 1.29 is 13.9 Å². The normalized spacial score (nSPS) is 21.0. The van der Waals surface area contributed by atoms with Crippen molar-refractivity contribution in [2.75, 3.05) is 26.2 Å². The Hall–Kier alpha value is -1.05. The van der Waals surface area contributed by atoms with Crippen LogP contribution in [0.4, 0.5) is 0 Å². The van der Waals surface area contributed by atoms with Gasteiger partial charge in [-0.25, -0.2) is 0 Å². The minimum atomic E-state index is -2.86. The van der Waals surface area contributed by atoms with E-state index in [0.29, 0.717) is 29.1 Å². The van der Waals surface area contributed by atoms with Crippen LogP contribution in [0.3, 0.4) is 0 Å². The quantitative estimate of drug-likeness (QED) is 0.743. The summed E-state index contributed by atoms with van der Waals surface area (Å²) in [6.07, 6.45) is 1.64. The first-order valence-corrected chi connectivity index (χ1v) is 7.80. The summed E-state index contributed by atoms with van der Waals surface area (Å²) in [6, 6.07) is 5.11. The van der Waals surface area contributed by atoms with Gasteiger partial charge in [-0.05, 0) is 18.2 Å². The number of fused-ring (bicyclic) bond motifs is 1. The van der Waals surface area contributed by atoms with Crippen LogP contribution < -0.4 is 5.32 Å². The van der Waals surface area contributed by atoms with E-state index in [0.717, 1.165) is 13.1 Å². The van der Waals surface area contributed by atoms with Gasteiger partial charge in [-0.15, -0.1) is 23.0 Å². The number of hydrogen-bond donors (Lipinski definition) is 3. The first kappa shape index (κ1) is 15.3. The first-order chi connectivity index (χ1) is 9.09. The molecule has 20 heavy (non-hydrogen) atoms. The third-order valence-electron chi connectivity index (χ3n) is 3.45. The van der Waals surface area contributed by atoms with Gasteiger partial charge in [0.25, 0.3) is 5.91 Å². The molecule has 0 radical (unpaired) electrons. The van der Waals surface area contributed by atoms with E-state index < -0.39 is 10.6 Å². The zero-order valence-corrected chi connectivity index (χ0v) is 12.4. The SMILES string of the molecule is Cl.O=C(c1cccc2c1C=CS2(O)O)N1CCNCC1. The number of nitrogens with zero attached hydrogens (tertiary/aromatic N) is 1. The fourth-order valence-electron chi connectivity index (χ4n) is 2.44. The molecular weight excluding hydrogens is 300 g/mol. The summed E-state index contributed by atoms with van der Waals surface area (Å²) in [7, 11) is -2.86. The number of hydrogen-bond acceptors (Lipinski definition) is 4. The zero-order valence-electron chi connectivity index (χ0n) is 10.8. The van der Waals surface area contributed by atoms with Crippen LogP contribution in [0.15, 0.2) is 28.5 Å². The van der Waals surface area contributed by atoms with Crippen molar-refractivity contribution in [3.8, 4) is 0 Å². The van der Waals surface area contributed by atoms with Crippen molar-refractivity contribution in [1.29, 1.82) is 0 Å². The lowest BCUT2D eigenvalue weighted by Gasteiger charge is -2.29. The fourth-order valence-corrected chi connectivity index (χ4v) is 3.69. The molecule has 0 spiro atoms. The highest BCUT2D eigenvalue weighted by Crippen LogP contribution is 2.56. The summed E-state index contributed by atoms with van der Waals surface area (Å²) in [5.41, 5.74) is 1.19. The average Bonchev–Trinajstić information content (AvgIpc) is 2.75. The third kappa shape index (κ3) is 2.57. The molecule has 3 N–H and O–H groups in total. The fraction of sp³-hybridized carbons (Fsp3) is 0.308. The number of nitrogens with one attached hydrogen (secondary N) is 1. The minimum Gasteiger partial charge on any atom is -0.336 e. The molecule has 0 aliphatic carbocycles. The number of benzene rings is 1. The second kappa shape index (κ2) is 5.75. The van der Waals surface area contributed by atoms with E-state index in [1.165, 1.54) is 5.41 Å². The van der Waals surface area contributed by atoms with Crippen LogP contribution >= 0.6 is 23.0 Å². The molecule has 1 aromatic carbocycles. The summed E-state index contributed by atoms with van der Waals surface area (Å²) < 4.78 is 19.8.